The van der Waals surface area contributed by atoms with E-state index in [1.807, 2.05) is 0 Å². The quantitative estimate of drug-likeness (QED) is 0.564. The van der Waals surface area contributed by atoms with Crippen molar-refractivity contribution in [2.75, 3.05) is 0 Å². The van der Waals surface area contributed by atoms with Gasteiger partial charge in [0, 0.05) is 0 Å². The van der Waals surface area contributed by atoms with Gasteiger partial charge < -0.3 is 15.3 Å². The van der Waals surface area contributed by atoms with Crippen LogP contribution in [0, 0.1) is 0 Å². The Balaban J connectivity index is 3.18. The third-order valence-electron chi connectivity index (χ3n) is 1.67. The van der Waals surface area contributed by atoms with E-state index in [0.29, 0.717) is 0 Å². The number of carboxylic acid groups (broad SMARTS) is 1. The maximum atomic E-state index is 10.4. The molecule has 1 heterocycles. The highest BCUT2D eigenvalue weighted by Crippen LogP contribution is 2.30. The van der Waals surface area contributed by atoms with Gasteiger partial charge in [0.25, 0.3) is 0 Å². The van der Waals surface area contributed by atoms with Crippen molar-refractivity contribution in [1.82, 2.24) is 9.97 Å². The first-order valence-electron chi connectivity index (χ1n) is 3.82. The molecule has 0 aliphatic heterocycles. The van der Waals surface area contributed by atoms with Crippen molar-refractivity contribution in [2.24, 2.45) is 0 Å². The lowest BCUT2D eigenvalue weighted by molar-refractivity contribution is -0.153. The number of carboxylic acids is 1. The fraction of sp³-hybridized carbons (Fsp3) is 0.286. The van der Waals surface area contributed by atoms with Crippen LogP contribution in [0.2, 0.25) is 15.6 Å². The average molecular weight is 287 g/mol. The average Bonchev–Trinajstić information content (AvgIpc) is 2.14. The third-order valence-corrected chi connectivity index (χ3v) is 2.42. The van der Waals surface area contributed by atoms with Crippen LogP contribution in [0.5, 0.6) is 0 Å². The number of carbonyl (C=O) groups is 1. The van der Waals surface area contributed by atoms with Gasteiger partial charge in [-0.25, -0.2) is 14.8 Å². The highest BCUT2D eigenvalue weighted by atomic mass is 35.5. The van der Waals surface area contributed by atoms with Crippen LogP contribution in [0.15, 0.2) is 0 Å². The van der Waals surface area contributed by atoms with Gasteiger partial charge in [0.1, 0.15) is 16.4 Å². The Labute approximate surface area is 104 Å². The number of aromatic nitrogens is 2. The molecular weight excluding hydrogens is 282 g/mol. The predicted octanol–water partition coefficient (Wildman–Crippen LogP) is 0.916. The van der Waals surface area contributed by atoms with Crippen molar-refractivity contribution < 1.29 is 20.1 Å². The lowest BCUT2D eigenvalue weighted by Gasteiger charge is -2.15. The minimum Gasteiger partial charge on any atom is -0.479 e. The van der Waals surface area contributed by atoms with Crippen LogP contribution in [0.3, 0.4) is 0 Å². The first-order chi connectivity index (χ1) is 7.34. The number of hydrogen-bond donors (Lipinski definition) is 3. The highest BCUT2D eigenvalue weighted by Gasteiger charge is 2.30. The Morgan fingerprint density at radius 2 is 1.56 bits per heavy atom. The summed E-state index contributed by atoms with van der Waals surface area (Å²) >= 11 is 16.6. The molecule has 2 unspecified atom stereocenters. The first-order valence-corrected chi connectivity index (χ1v) is 4.95. The van der Waals surface area contributed by atoms with Crippen LogP contribution in [-0.2, 0) is 4.79 Å². The lowest BCUT2D eigenvalue weighted by atomic mass is 10.1. The molecule has 0 aliphatic carbocycles. The van der Waals surface area contributed by atoms with Crippen LogP contribution in [-0.4, -0.2) is 37.4 Å². The molecule has 0 radical (unpaired) electrons. The van der Waals surface area contributed by atoms with Gasteiger partial charge in [0.2, 0.25) is 5.28 Å². The van der Waals surface area contributed by atoms with Crippen LogP contribution in [0.25, 0.3) is 0 Å². The summed E-state index contributed by atoms with van der Waals surface area (Å²) in [6, 6.07) is 0. The number of aliphatic carboxylic acids is 1. The number of aliphatic hydroxyl groups excluding tert-OH is 2. The SMILES string of the molecule is O=C(O)C(O)C(O)c1c(Cl)nc(Cl)nc1Cl. The molecule has 88 valence electrons. The zero-order valence-electron chi connectivity index (χ0n) is 7.43. The first kappa shape index (κ1) is 13.4. The molecule has 0 aliphatic rings. The second-order valence-corrected chi connectivity index (χ2v) is 3.77. The molecule has 1 aromatic heterocycles. The Morgan fingerprint density at radius 3 is 1.94 bits per heavy atom. The van der Waals surface area contributed by atoms with E-state index >= 15 is 0 Å². The maximum Gasteiger partial charge on any atom is 0.335 e. The molecule has 0 fully saturated rings. The summed E-state index contributed by atoms with van der Waals surface area (Å²) in [6.45, 7) is 0. The standard InChI is InChI=1S/C7H5Cl3N2O4/c8-4-1(2(13)3(14)6(15)16)5(9)12-7(10)11-4/h2-3,13-14H,(H,15,16). The van der Waals surface area contributed by atoms with Crippen molar-refractivity contribution in [2.45, 2.75) is 12.2 Å². The van der Waals surface area contributed by atoms with Gasteiger partial charge in [-0.2, -0.15) is 0 Å². The molecule has 6 nitrogen and oxygen atoms in total. The predicted molar refractivity (Wildman–Crippen MR) is 55.7 cm³/mol. The normalized spacial score (nSPS) is 14.6. The Kier molecular flexibility index (Phi) is 4.28. The van der Waals surface area contributed by atoms with Gasteiger partial charge in [0.05, 0.1) is 5.56 Å². The fourth-order valence-corrected chi connectivity index (χ4v) is 1.80. The Morgan fingerprint density at radius 1 is 1.12 bits per heavy atom. The highest BCUT2D eigenvalue weighted by molar-refractivity contribution is 6.36. The number of halogens is 3. The Hall–Kier alpha value is -0.660. The van der Waals surface area contributed by atoms with Crippen LogP contribution < -0.4 is 0 Å². The molecule has 3 N–H and O–H groups in total. The largest absolute Gasteiger partial charge is 0.479 e. The van der Waals surface area contributed by atoms with Crippen LogP contribution in [0.1, 0.15) is 11.7 Å². The van der Waals surface area contributed by atoms with Gasteiger partial charge in [0.15, 0.2) is 6.10 Å². The van der Waals surface area contributed by atoms with Crippen molar-refractivity contribution in [1.29, 1.82) is 0 Å². The molecule has 0 aromatic carbocycles. The molecule has 16 heavy (non-hydrogen) atoms. The van der Waals surface area contributed by atoms with Crippen LogP contribution >= 0.6 is 34.8 Å². The lowest BCUT2D eigenvalue weighted by Crippen LogP contribution is -2.28. The molecule has 0 spiro atoms. The minimum atomic E-state index is -2.08. The Bertz CT molecular complexity index is 405. The number of nitrogens with zero attached hydrogens (tertiary/aromatic N) is 2. The van der Waals surface area contributed by atoms with Crippen LogP contribution in [0.4, 0.5) is 0 Å². The van der Waals surface area contributed by atoms with E-state index in [4.69, 9.17) is 45.0 Å². The summed E-state index contributed by atoms with van der Waals surface area (Å²) in [6.07, 6.45) is -3.92. The zero-order chi connectivity index (χ0) is 12.5. The van der Waals surface area contributed by atoms with E-state index in [1.165, 1.54) is 0 Å². The van der Waals surface area contributed by atoms with E-state index < -0.39 is 18.2 Å². The van der Waals surface area contributed by atoms with Crippen molar-refractivity contribution in [3.05, 3.63) is 21.2 Å². The van der Waals surface area contributed by atoms with E-state index in [1.54, 1.807) is 0 Å². The molecule has 0 amide bonds. The van der Waals surface area contributed by atoms with Crippen molar-refractivity contribution >= 4 is 40.8 Å². The zero-order valence-corrected chi connectivity index (χ0v) is 9.70. The second kappa shape index (κ2) is 5.11. The van der Waals surface area contributed by atoms with E-state index in [2.05, 4.69) is 9.97 Å². The third kappa shape index (κ3) is 2.72. The molecule has 0 saturated carbocycles. The number of rotatable bonds is 3. The van der Waals surface area contributed by atoms with E-state index in [0.717, 1.165) is 0 Å². The van der Waals surface area contributed by atoms with Gasteiger partial charge in [-0.05, 0) is 11.6 Å². The van der Waals surface area contributed by atoms with Gasteiger partial charge >= 0.3 is 5.97 Å². The summed E-state index contributed by atoms with van der Waals surface area (Å²) in [7, 11) is 0. The van der Waals surface area contributed by atoms with Gasteiger partial charge in [-0.1, -0.05) is 23.2 Å². The molecule has 9 heteroatoms. The molecule has 2 atom stereocenters. The molecule has 1 aromatic rings. The van der Waals surface area contributed by atoms with Crippen molar-refractivity contribution in [3.63, 3.8) is 0 Å². The van der Waals surface area contributed by atoms with Gasteiger partial charge in [-0.15, -0.1) is 0 Å². The monoisotopic (exact) mass is 286 g/mol. The van der Waals surface area contributed by atoms with E-state index in [-0.39, 0.29) is 21.2 Å². The summed E-state index contributed by atoms with van der Waals surface area (Å²) in [5.41, 5.74) is -0.289. The topological polar surface area (TPSA) is 104 Å². The molecule has 0 saturated heterocycles. The van der Waals surface area contributed by atoms with Gasteiger partial charge in [-0.3, -0.25) is 0 Å². The smallest absolute Gasteiger partial charge is 0.335 e. The molecule has 0 bridgehead atoms. The summed E-state index contributed by atoms with van der Waals surface area (Å²) in [5.74, 6) is -1.63. The molecular formula is C7H5Cl3N2O4. The number of hydrogen-bond acceptors (Lipinski definition) is 5. The summed E-state index contributed by atoms with van der Waals surface area (Å²) < 4.78 is 0. The number of aliphatic hydroxyl groups is 2. The minimum absolute atomic E-state index is 0.254. The summed E-state index contributed by atoms with van der Waals surface area (Å²) in [5, 5.41) is 26.2. The van der Waals surface area contributed by atoms with Crippen molar-refractivity contribution in [3.8, 4) is 0 Å². The fourth-order valence-electron chi connectivity index (χ4n) is 0.930. The van der Waals surface area contributed by atoms with E-state index in [9.17, 15) is 9.90 Å². The summed E-state index contributed by atoms with van der Waals surface area (Å²) in [4.78, 5) is 17.4. The second-order valence-electron chi connectivity index (χ2n) is 2.72. The maximum absolute atomic E-state index is 10.4. The molecule has 1 rings (SSSR count).